The highest BCUT2D eigenvalue weighted by atomic mass is 16.6. The van der Waals surface area contributed by atoms with Gasteiger partial charge in [0.25, 0.3) is 0 Å². The van der Waals surface area contributed by atoms with Crippen LogP contribution in [0, 0.1) is 12.3 Å². The van der Waals surface area contributed by atoms with Crippen LogP contribution in [0.25, 0.3) is 11.1 Å². The van der Waals surface area contributed by atoms with Gasteiger partial charge in [-0.05, 0) is 29.3 Å². The molecule has 2 aromatic carbocycles. The normalized spacial score (nSPS) is 19.5. The average molecular weight is 346 g/mol. The number of carbonyl (C=O) groups excluding carboxylic acids is 1. The minimum atomic E-state index is -0.278. The fourth-order valence-electron chi connectivity index (χ4n) is 3.90. The number of ether oxygens (including phenoxy) is 1. The second kappa shape index (κ2) is 6.86. The molecule has 26 heavy (non-hydrogen) atoms. The van der Waals surface area contributed by atoms with Gasteiger partial charge in [0.1, 0.15) is 6.61 Å². The van der Waals surface area contributed by atoms with E-state index in [0.29, 0.717) is 19.7 Å². The van der Waals surface area contributed by atoms with E-state index < -0.39 is 0 Å². The van der Waals surface area contributed by atoms with E-state index in [-0.39, 0.29) is 18.1 Å². The lowest BCUT2D eigenvalue weighted by Gasteiger charge is -2.36. The number of fused-ring (bicyclic) bond motifs is 3. The van der Waals surface area contributed by atoms with Gasteiger partial charge >= 0.3 is 6.09 Å². The summed E-state index contributed by atoms with van der Waals surface area (Å²) < 4.78 is 5.71. The molecule has 0 saturated carbocycles. The Kier molecular flexibility index (Phi) is 4.40. The van der Waals surface area contributed by atoms with Crippen molar-refractivity contribution in [2.24, 2.45) is 0 Å². The number of rotatable bonds is 2. The molecule has 4 rings (SSSR count). The third-order valence-corrected chi connectivity index (χ3v) is 5.43. The number of hydrogen-bond acceptors (Lipinski definition) is 3. The predicted molar refractivity (Wildman–Crippen MR) is 102 cm³/mol. The number of piperazine rings is 1. The molecule has 2 aliphatic rings. The summed E-state index contributed by atoms with van der Waals surface area (Å²) in [7, 11) is 1.99. The van der Waals surface area contributed by atoms with Gasteiger partial charge in [0.2, 0.25) is 0 Å². The van der Waals surface area contributed by atoms with E-state index in [1.807, 2.05) is 31.3 Å². The zero-order valence-corrected chi connectivity index (χ0v) is 14.9. The summed E-state index contributed by atoms with van der Waals surface area (Å²) in [4.78, 5) is 16.4. The monoisotopic (exact) mass is 346 g/mol. The van der Waals surface area contributed by atoms with Crippen LogP contribution in [0.1, 0.15) is 17.0 Å². The Labute approximate surface area is 154 Å². The first-order valence-electron chi connectivity index (χ1n) is 8.95. The quantitative estimate of drug-likeness (QED) is 0.783. The summed E-state index contributed by atoms with van der Waals surface area (Å²) in [5.41, 5.74) is 4.91. The number of terminal acetylenes is 1. The molecular weight excluding hydrogens is 324 g/mol. The molecule has 0 spiro atoms. The molecule has 1 aliphatic carbocycles. The molecule has 132 valence electrons. The molecule has 0 radical (unpaired) electrons. The Bertz CT molecular complexity index is 825. The number of nitrogens with zero attached hydrogens (tertiary/aromatic N) is 2. The average Bonchev–Trinajstić information content (AvgIpc) is 3.00. The van der Waals surface area contributed by atoms with Gasteiger partial charge in [-0.1, -0.05) is 54.5 Å². The molecular formula is C22H22N2O2. The van der Waals surface area contributed by atoms with E-state index in [1.165, 1.54) is 22.3 Å². The maximum atomic E-state index is 12.6. The van der Waals surface area contributed by atoms with Crippen molar-refractivity contribution in [1.29, 1.82) is 0 Å². The topological polar surface area (TPSA) is 32.8 Å². The summed E-state index contributed by atoms with van der Waals surface area (Å²) in [6, 6.07) is 16.6. The van der Waals surface area contributed by atoms with Crippen molar-refractivity contribution in [2.75, 3.05) is 33.3 Å². The SMILES string of the molecule is C#CC1CN(C(=O)OCC2c3ccccc3-c3ccccc32)CCN1C. The number of carbonyl (C=O) groups is 1. The van der Waals surface area contributed by atoms with Crippen molar-refractivity contribution in [2.45, 2.75) is 12.0 Å². The first-order valence-corrected chi connectivity index (χ1v) is 8.95. The molecule has 2 aromatic rings. The Morgan fingerprint density at radius 2 is 1.73 bits per heavy atom. The molecule has 1 saturated heterocycles. The summed E-state index contributed by atoms with van der Waals surface area (Å²) in [6.45, 7) is 2.27. The Morgan fingerprint density at radius 1 is 1.12 bits per heavy atom. The van der Waals surface area contributed by atoms with Crippen LogP contribution in [-0.2, 0) is 4.74 Å². The molecule has 1 atom stereocenters. The van der Waals surface area contributed by atoms with Gasteiger partial charge in [-0.15, -0.1) is 6.42 Å². The summed E-state index contributed by atoms with van der Waals surface area (Å²) >= 11 is 0. The molecule has 0 bridgehead atoms. The lowest BCUT2D eigenvalue weighted by Crippen LogP contribution is -2.52. The summed E-state index contributed by atoms with van der Waals surface area (Å²) in [5, 5.41) is 0. The van der Waals surface area contributed by atoms with E-state index in [1.54, 1.807) is 4.90 Å². The van der Waals surface area contributed by atoms with Gasteiger partial charge in [0, 0.05) is 19.0 Å². The number of hydrogen-bond donors (Lipinski definition) is 0. The third-order valence-electron chi connectivity index (χ3n) is 5.43. The van der Waals surface area contributed by atoms with Crippen LogP contribution < -0.4 is 0 Å². The maximum absolute atomic E-state index is 12.6. The summed E-state index contributed by atoms with van der Waals surface area (Å²) in [5.74, 6) is 2.82. The Morgan fingerprint density at radius 3 is 2.35 bits per heavy atom. The van der Waals surface area contributed by atoms with Gasteiger partial charge < -0.3 is 9.64 Å². The third kappa shape index (κ3) is 2.85. The smallest absolute Gasteiger partial charge is 0.409 e. The molecule has 0 N–H and O–H groups in total. The largest absolute Gasteiger partial charge is 0.448 e. The molecule has 1 amide bonds. The molecule has 1 unspecified atom stereocenters. The molecule has 4 nitrogen and oxygen atoms in total. The van der Waals surface area contributed by atoms with E-state index in [4.69, 9.17) is 11.2 Å². The highest BCUT2D eigenvalue weighted by Crippen LogP contribution is 2.44. The molecule has 1 heterocycles. The number of benzene rings is 2. The lowest BCUT2D eigenvalue weighted by atomic mass is 9.98. The predicted octanol–water partition coefficient (Wildman–Crippen LogP) is 3.18. The maximum Gasteiger partial charge on any atom is 0.409 e. The van der Waals surface area contributed by atoms with Crippen LogP contribution in [0.4, 0.5) is 4.79 Å². The first-order chi connectivity index (χ1) is 12.7. The van der Waals surface area contributed by atoms with Gasteiger partial charge in [0.05, 0.1) is 12.6 Å². The second-order valence-corrected chi connectivity index (χ2v) is 6.91. The van der Waals surface area contributed by atoms with Crippen molar-refractivity contribution in [3.05, 3.63) is 59.7 Å². The fraction of sp³-hybridized carbons (Fsp3) is 0.318. The van der Waals surface area contributed by atoms with Crippen LogP contribution in [-0.4, -0.2) is 55.2 Å². The van der Waals surface area contributed by atoms with Crippen molar-refractivity contribution >= 4 is 6.09 Å². The first kappa shape index (κ1) is 16.7. The molecule has 1 fully saturated rings. The van der Waals surface area contributed by atoms with E-state index in [9.17, 15) is 4.79 Å². The van der Waals surface area contributed by atoms with E-state index >= 15 is 0 Å². The number of amides is 1. The number of likely N-dealkylation sites (N-methyl/N-ethyl adjacent to an activating group) is 1. The minimum absolute atomic E-state index is 0.0516. The van der Waals surface area contributed by atoms with E-state index in [0.717, 1.165) is 6.54 Å². The van der Waals surface area contributed by atoms with Crippen LogP contribution in [0.5, 0.6) is 0 Å². The Balaban J connectivity index is 1.48. The van der Waals surface area contributed by atoms with Gasteiger partial charge in [-0.2, -0.15) is 0 Å². The minimum Gasteiger partial charge on any atom is -0.448 e. The summed E-state index contributed by atoms with van der Waals surface area (Å²) in [6.07, 6.45) is 5.29. The highest BCUT2D eigenvalue weighted by Gasteiger charge is 2.31. The van der Waals surface area contributed by atoms with E-state index in [2.05, 4.69) is 35.1 Å². The van der Waals surface area contributed by atoms with Gasteiger partial charge in [0.15, 0.2) is 0 Å². The van der Waals surface area contributed by atoms with Crippen molar-refractivity contribution in [1.82, 2.24) is 9.80 Å². The van der Waals surface area contributed by atoms with Crippen LogP contribution in [0.2, 0.25) is 0 Å². The second-order valence-electron chi connectivity index (χ2n) is 6.91. The van der Waals surface area contributed by atoms with Crippen LogP contribution in [0.3, 0.4) is 0 Å². The molecule has 1 aliphatic heterocycles. The van der Waals surface area contributed by atoms with Crippen molar-refractivity contribution in [3.63, 3.8) is 0 Å². The highest BCUT2D eigenvalue weighted by molar-refractivity contribution is 5.79. The van der Waals surface area contributed by atoms with Gasteiger partial charge in [-0.3, -0.25) is 4.90 Å². The zero-order chi connectivity index (χ0) is 18.1. The molecule has 4 heteroatoms. The zero-order valence-electron chi connectivity index (χ0n) is 14.9. The Hall–Kier alpha value is -2.77. The van der Waals surface area contributed by atoms with Crippen molar-refractivity contribution < 1.29 is 9.53 Å². The van der Waals surface area contributed by atoms with Crippen molar-refractivity contribution in [3.8, 4) is 23.5 Å². The standard InChI is InChI=1S/C22H22N2O2/c1-3-16-14-24(13-12-23(16)2)22(25)26-15-21-19-10-6-4-8-17(19)18-9-5-7-11-20(18)21/h1,4-11,16,21H,12-15H2,2H3. The van der Waals surface area contributed by atoms with Crippen LogP contribution in [0.15, 0.2) is 48.5 Å². The lowest BCUT2D eigenvalue weighted by molar-refractivity contribution is 0.0703. The molecule has 0 aromatic heterocycles. The van der Waals surface area contributed by atoms with Crippen LogP contribution >= 0.6 is 0 Å². The van der Waals surface area contributed by atoms with Gasteiger partial charge in [-0.25, -0.2) is 4.79 Å². The fourth-order valence-corrected chi connectivity index (χ4v) is 3.90.